The molecule has 1 aliphatic rings. The van der Waals surface area contributed by atoms with E-state index in [1.807, 2.05) is 13.0 Å². The lowest BCUT2D eigenvalue weighted by Crippen LogP contribution is -2.10. The monoisotopic (exact) mass is 340 g/mol. The van der Waals surface area contributed by atoms with Gasteiger partial charge in [0, 0.05) is 5.56 Å². The molecule has 0 spiro atoms. The Kier molecular flexibility index (Phi) is 5.62. The first kappa shape index (κ1) is 19.1. The molecule has 0 aromatic carbocycles. The third-order valence-electron chi connectivity index (χ3n) is 4.84. The van der Waals surface area contributed by atoms with E-state index in [0.717, 1.165) is 17.1 Å². The molecular weight excluding hydrogens is 312 g/mol. The van der Waals surface area contributed by atoms with Crippen LogP contribution in [0.1, 0.15) is 51.7 Å². The van der Waals surface area contributed by atoms with Gasteiger partial charge in [-0.1, -0.05) is 43.1 Å². The molecule has 2 unspecified atom stereocenters. The number of furan rings is 1. The fourth-order valence-corrected chi connectivity index (χ4v) is 3.38. The normalized spacial score (nSPS) is 21.4. The van der Waals surface area contributed by atoms with Gasteiger partial charge in [0.15, 0.2) is 0 Å². The number of hydrogen-bond acceptors (Lipinski definition) is 3. The smallest absolute Gasteiger partial charge is 0.310 e. The van der Waals surface area contributed by atoms with Gasteiger partial charge >= 0.3 is 5.97 Å². The second-order valence-electron chi connectivity index (χ2n) is 7.74. The van der Waals surface area contributed by atoms with Crippen molar-refractivity contribution < 1.29 is 13.9 Å². The Hall–Kier alpha value is -2.21. The molecule has 2 rings (SSSR count). The van der Waals surface area contributed by atoms with E-state index in [0.29, 0.717) is 6.42 Å². The van der Waals surface area contributed by atoms with Gasteiger partial charge in [-0.2, -0.15) is 0 Å². The van der Waals surface area contributed by atoms with Crippen molar-refractivity contribution in [3.63, 3.8) is 0 Å². The number of terminal acetylenes is 1. The molecule has 0 saturated heterocycles. The van der Waals surface area contributed by atoms with Crippen molar-refractivity contribution in [1.29, 1.82) is 0 Å². The summed E-state index contributed by atoms with van der Waals surface area (Å²) >= 11 is 0. The Morgan fingerprint density at radius 3 is 2.68 bits per heavy atom. The molecule has 1 fully saturated rings. The SMILES string of the molecule is C#CCc1cc(COC(=O)C2C(C=C(C)C=C(C)C)C2(C)C)c(C)o1. The van der Waals surface area contributed by atoms with Crippen molar-refractivity contribution in [2.45, 2.75) is 54.6 Å². The summed E-state index contributed by atoms with van der Waals surface area (Å²) < 4.78 is 11.1. The molecule has 1 saturated carbocycles. The fraction of sp³-hybridized carbons (Fsp3) is 0.500. The third kappa shape index (κ3) is 4.45. The van der Waals surface area contributed by atoms with Crippen molar-refractivity contribution in [3.05, 3.63) is 46.4 Å². The molecule has 134 valence electrons. The lowest BCUT2D eigenvalue weighted by atomic mass is 10.1. The zero-order valence-corrected chi connectivity index (χ0v) is 16.1. The predicted molar refractivity (Wildman–Crippen MR) is 99.7 cm³/mol. The first-order valence-electron chi connectivity index (χ1n) is 8.68. The van der Waals surface area contributed by atoms with Crippen LogP contribution in [-0.2, 0) is 22.6 Å². The van der Waals surface area contributed by atoms with Gasteiger partial charge in [0.2, 0.25) is 0 Å². The van der Waals surface area contributed by atoms with E-state index in [9.17, 15) is 4.79 Å². The van der Waals surface area contributed by atoms with Gasteiger partial charge in [-0.3, -0.25) is 4.79 Å². The summed E-state index contributed by atoms with van der Waals surface area (Å²) in [5.41, 5.74) is 3.26. The zero-order valence-electron chi connectivity index (χ0n) is 16.1. The van der Waals surface area contributed by atoms with E-state index in [-0.39, 0.29) is 29.8 Å². The van der Waals surface area contributed by atoms with Gasteiger partial charge in [0.1, 0.15) is 18.1 Å². The first-order valence-corrected chi connectivity index (χ1v) is 8.68. The number of allylic oxidation sites excluding steroid dienone is 4. The average Bonchev–Trinajstić information content (AvgIpc) is 2.83. The van der Waals surface area contributed by atoms with Crippen molar-refractivity contribution in [2.75, 3.05) is 0 Å². The maximum absolute atomic E-state index is 12.5. The van der Waals surface area contributed by atoms with E-state index in [2.05, 4.69) is 52.7 Å². The minimum absolute atomic E-state index is 0.0616. The first-order chi connectivity index (χ1) is 11.7. The highest BCUT2D eigenvalue weighted by atomic mass is 16.5. The van der Waals surface area contributed by atoms with Crippen LogP contribution in [-0.4, -0.2) is 5.97 Å². The average molecular weight is 340 g/mol. The predicted octanol–water partition coefficient (Wildman–Crippen LogP) is 4.99. The van der Waals surface area contributed by atoms with Gasteiger partial charge < -0.3 is 9.15 Å². The van der Waals surface area contributed by atoms with Crippen LogP contribution in [0, 0.1) is 36.5 Å². The summed E-state index contributed by atoms with van der Waals surface area (Å²) in [5.74, 6) is 4.02. The third-order valence-corrected chi connectivity index (χ3v) is 4.84. The van der Waals surface area contributed by atoms with Crippen LogP contribution in [0.25, 0.3) is 0 Å². The minimum Gasteiger partial charge on any atom is -0.465 e. The van der Waals surface area contributed by atoms with Crippen molar-refractivity contribution in [3.8, 4) is 12.3 Å². The minimum atomic E-state index is -0.143. The highest BCUT2D eigenvalue weighted by Crippen LogP contribution is 2.60. The van der Waals surface area contributed by atoms with Gasteiger partial charge in [0.05, 0.1) is 12.3 Å². The molecule has 25 heavy (non-hydrogen) atoms. The van der Waals surface area contributed by atoms with Gasteiger partial charge in [0.25, 0.3) is 0 Å². The maximum atomic E-state index is 12.5. The molecular formula is C22H28O3. The van der Waals surface area contributed by atoms with Crippen LogP contribution in [0.2, 0.25) is 0 Å². The summed E-state index contributed by atoms with van der Waals surface area (Å²) in [4.78, 5) is 12.5. The quantitative estimate of drug-likeness (QED) is 0.416. The van der Waals surface area contributed by atoms with E-state index in [1.165, 1.54) is 11.1 Å². The van der Waals surface area contributed by atoms with Crippen LogP contribution >= 0.6 is 0 Å². The van der Waals surface area contributed by atoms with Gasteiger partial charge in [-0.25, -0.2) is 0 Å². The Labute approximate surface area is 151 Å². The Bertz CT molecular complexity index is 749. The van der Waals surface area contributed by atoms with Crippen LogP contribution < -0.4 is 0 Å². The van der Waals surface area contributed by atoms with Crippen LogP contribution in [0.4, 0.5) is 0 Å². The topological polar surface area (TPSA) is 39.4 Å². The van der Waals surface area contributed by atoms with Gasteiger partial charge in [-0.05, 0) is 45.1 Å². The number of carbonyl (C=O) groups excluding carboxylic acids is 1. The highest BCUT2D eigenvalue weighted by molar-refractivity contribution is 5.78. The lowest BCUT2D eigenvalue weighted by Gasteiger charge is -2.04. The largest absolute Gasteiger partial charge is 0.465 e. The Balaban J connectivity index is 2.00. The van der Waals surface area contributed by atoms with E-state index >= 15 is 0 Å². The lowest BCUT2D eigenvalue weighted by molar-refractivity contribution is -0.147. The molecule has 3 nitrogen and oxygen atoms in total. The van der Waals surface area contributed by atoms with Gasteiger partial charge in [-0.15, -0.1) is 6.42 Å². The number of ether oxygens (including phenoxy) is 1. The number of carbonyl (C=O) groups is 1. The molecule has 2 atom stereocenters. The molecule has 0 amide bonds. The standard InChI is InChI=1S/C22H28O3/c1-8-9-18-12-17(16(5)25-18)13-24-21(23)20-19(22(20,6)7)11-15(4)10-14(2)3/h1,10-12,19-20H,9,13H2,2-7H3. The van der Waals surface area contributed by atoms with Crippen LogP contribution in [0.5, 0.6) is 0 Å². The fourth-order valence-electron chi connectivity index (χ4n) is 3.38. The second-order valence-corrected chi connectivity index (χ2v) is 7.74. The molecule has 0 N–H and O–H groups in total. The molecule has 1 heterocycles. The summed E-state index contributed by atoms with van der Waals surface area (Å²) in [5, 5.41) is 0. The van der Waals surface area contributed by atoms with E-state index in [4.69, 9.17) is 15.6 Å². The molecule has 0 bridgehead atoms. The Morgan fingerprint density at radius 2 is 2.08 bits per heavy atom. The number of aryl methyl sites for hydroxylation is 1. The number of esters is 1. The van der Waals surface area contributed by atoms with Crippen molar-refractivity contribution in [2.24, 2.45) is 17.3 Å². The summed E-state index contributed by atoms with van der Waals surface area (Å²) in [6.07, 6.45) is 10.1. The molecule has 1 aliphatic carbocycles. The molecule has 1 aromatic rings. The molecule has 1 aromatic heterocycles. The van der Waals surface area contributed by atoms with Crippen LogP contribution in [0.15, 0.2) is 33.8 Å². The Morgan fingerprint density at radius 1 is 1.40 bits per heavy atom. The molecule has 3 heteroatoms. The van der Waals surface area contributed by atoms with E-state index in [1.54, 1.807) is 0 Å². The van der Waals surface area contributed by atoms with E-state index < -0.39 is 0 Å². The van der Waals surface area contributed by atoms with Crippen molar-refractivity contribution >= 4 is 5.97 Å². The highest BCUT2D eigenvalue weighted by Gasteiger charge is 2.61. The summed E-state index contributed by atoms with van der Waals surface area (Å²) in [6.45, 7) is 12.5. The van der Waals surface area contributed by atoms with Crippen molar-refractivity contribution in [1.82, 2.24) is 0 Å². The summed E-state index contributed by atoms with van der Waals surface area (Å²) in [6, 6.07) is 1.87. The summed E-state index contributed by atoms with van der Waals surface area (Å²) in [7, 11) is 0. The zero-order chi connectivity index (χ0) is 18.8. The van der Waals surface area contributed by atoms with Crippen LogP contribution in [0.3, 0.4) is 0 Å². The second kappa shape index (κ2) is 7.35. The maximum Gasteiger partial charge on any atom is 0.310 e. The number of hydrogen-bond donors (Lipinski definition) is 0. The molecule has 0 radical (unpaired) electrons. The molecule has 0 aliphatic heterocycles. The number of rotatable bonds is 6.